The van der Waals surface area contributed by atoms with Crippen molar-refractivity contribution in [2.75, 3.05) is 19.7 Å². The van der Waals surface area contributed by atoms with E-state index in [9.17, 15) is 4.79 Å². The molecule has 1 atom stereocenters. The molecule has 1 aliphatic heterocycles. The summed E-state index contributed by atoms with van der Waals surface area (Å²) in [6, 6.07) is 3.58. The number of aromatic nitrogens is 3. The quantitative estimate of drug-likeness (QED) is 0.916. The van der Waals surface area contributed by atoms with Gasteiger partial charge in [0.2, 0.25) is 5.88 Å². The summed E-state index contributed by atoms with van der Waals surface area (Å²) in [5, 5.41) is 7.16. The Labute approximate surface area is 142 Å². The molecule has 0 saturated carbocycles. The largest absolute Gasteiger partial charge is 0.477 e. The van der Waals surface area contributed by atoms with Crippen molar-refractivity contribution in [1.82, 2.24) is 20.1 Å². The van der Waals surface area contributed by atoms with Crippen LogP contribution in [-0.2, 0) is 6.42 Å². The van der Waals surface area contributed by atoms with E-state index in [2.05, 4.69) is 22.1 Å². The van der Waals surface area contributed by atoms with Crippen LogP contribution in [0.2, 0.25) is 0 Å². The average Bonchev–Trinajstić information content (AvgIpc) is 3.00. The summed E-state index contributed by atoms with van der Waals surface area (Å²) in [5.41, 5.74) is 2.91. The SMILES string of the molecule is CCOc1ncccc1C(=O)N1CCC[C@H](Cc2[nH]ncc2C)C1. The first-order valence-electron chi connectivity index (χ1n) is 8.55. The van der Waals surface area contributed by atoms with Crippen LogP contribution in [-0.4, -0.2) is 45.7 Å². The van der Waals surface area contributed by atoms with Crippen LogP contribution in [0.1, 0.15) is 41.4 Å². The molecule has 2 aromatic rings. The van der Waals surface area contributed by atoms with E-state index in [1.165, 1.54) is 11.3 Å². The second kappa shape index (κ2) is 7.47. The molecule has 1 saturated heterocycles. The van der Waals surface area contributed by atoms with E-state index in [1.807, 2.05) is 18.0 Å². The van der Waals surface area contributed by atoms with Gasteiger partial charge in [-0.3, -0.25) is 9.89 Å². The average molecular weight is 328 g/mol. The highest BCUT2D eigenvalue weighted by Gasteiger charge is 2.27. The van der Waals surface area contributed by atoms with E-state index in [0.717, 1.165) is 32.4 Å². The topological polar surface area (TPSA) is 71.1 Å². The van der Waals surface area contributed by atoms with Gasteiger partial charge in [-0.25, -0.2) is 4.98 Å². The third kappa shape index (κ3) is 3.58. The summed E-state index contributed by atoms with van der Waals surface area (Å²) >= 11 is 0. The number of hydrogen-bond acceptors (Lipinski definition) is 4. The number of likely N-dealkylation sites (tertiary alicyclic amines) is 1. The number of H-pyrrole nitrogens is 1. The number of hydrogen-bond donors (Lipinski definition) is 1. The predicted octanol–water partition coefficient (Wildman–Crippen LogP) is 2.61. The number of nitrogens with zero attached hydrogens (tertiary/aromatic N) is 3. The maximum Gasteiger partial charge on any atom is 0.259 e. The molecular weight excluding hydrogens is 304 g/mol. The van der Waals surface area contributed by atoms with Crippen LogP contribution in [0.4, 0.5) is 0 Å². The number of aryl methyl sites for hydroxylation is 1. The zero-order valence-corrected chi connectivity index (χ0v) is 14.3. The van der Waals surface area contributed by atoms with Crippen molar-refractivity contribution in [2.24, 2.45) is 5.92 Å². The van der Waals surface area contributed by atoms with Crippen molar-refractivity contribution in [1.29, 1.82) is 0 Å². The number of aromatic amines is 1. The number of nitrogens with one attached hydrogen (secondary N) is 1. The molecule has 1 aliphatic rings. The normalized spacial score (nSPS) is 17.8. The number of ether oxygens (including phenoxy) is 1. The molecule has 0 bridgehead atoms. The van der Waals surface area contributed by atoms with Crippen molar-refractivity contribution in [3.63, 3.8) is 0 Å². The smallest absolute Gasteiger partial charge is 0.259 e. The highest BCUT2D eigenvalue weighted by molar-refractivity contribution is 5.96. The Morgan fingerprint density at radius 3 is 3.12 bits per heavy atom. The summed E-state index contributed by atoms with van der Waals surface area (Å²) in [4.78, 5) is 19.0. The first-order valence-corrected chi connectivity index (χ1v) is 8.55. The van der Waals surface area contributed by atoms with Gasteiger partial charge < -0.3 is 9.64 Å². The van der Waals surface area contributed by atoms with Gasteiger partial charge in [-0.1, -0.05) is 0 Å². The molecule has 6 nitrogen and oxygen atoms in total. The molecule has 2 aromatic heterocycles. The van der Waals surface area contributed by atoms with Crippen LogP contribution < -0.4 is 4.74 Å². The summed E-state index contributed by atoms with van der Waals surface area (Å²) < 4.78 is 5.50. The zero-order chi connectivity index (χ0) is 16.9. The van der Waals surface area contributed by atoms with Crippen LogP contribution in [0, 0.1) is 12.8 Å². The van der Waals surface area contributed by atoms with Crippen LogP contribution >= 0.6 is 0 Å². The van der Waals surface area contributed by atoms with Gasteiger partial charge >= 0.3 is 0 Å². The van der Waals surface area contributed by atoms with Gasteiger partial charge in [0.25, 0.3) is 5.91 Å². The minimum Gasteiger partial charge on any atom is -0.477 e. The second-order valence-electron chi connectivity index (χ2n) is 6.28. The van der Waals surface area contributed by atoms with Crippen LogP contribution in [0.15, 0.2) is 24.5 Å². The molecule has 128 valence electrons. The van der Waals surface area contributed by atoms with Crippen molar-refractivity contribution < 1.29 is 9.53 Å². The van der Waals surface area contributed by atoms with E-state index in [4.69, 9.17) is 4.74 Å². The van der Waals surface area contributed by atoms with Gasteiger partial charge in [0, 0.05) is 25.0 Å². The van der Waals surface area contributed by atoms with E-state index < -0.39 is 0 Å². The van der Waals surface area contributed by atoms with Crippen molar-refractivity contribution in [3.8, 4) is 5.88 Å². The summed E-state index contributed by atoms with van der Waals surface area (Å²) in [6.45, 7) is 6.01. The molecule has 3 rings (SSSR count). The molecule has 6 heteroatoms. The Kier molecular flexibility index (Phi) is 5.13. The Hall–Kier alpha value is -2.37. The van der Waals surface area contributed by atoms with Gasteiger partial charge in [0.15, 0.2) is 0 Å². The lowest BCUT2D eigenvalue weighted by atomic mass is 9.92. The third-order valence-electron chi connectivity index (χ3n) is 4.52. The number of amides is 1. The van der Waals surface area contributed by atoms with Crippen molar-refractivity contribution in [3.05, 3.63) is 41.3 Å². The molecule has 3 heterocycles. The summed E-state index contributed by atoms with van der Waals surface area (Å²) in [5.74, 6) is 0.892. The predicted molar refractivity (Wildman–Crippen MR) is 91.1 cm³/mol. The number of pyridine rings is 1. The van der Waals surface area contributed by atoms with Crippen LogP contribution in [0.25, 0.3) is 0 Å². The fraction of sp³-hybridized carbons (Fsp3) is 0.500. The lowest BCUT2D eigenvalue weighted by molar-refractivity contribution is 0.0667. The van der Waals surface area contributed by atoms with Crippen LogP contribution in [0.3, 0.4) is 0 Å². The first kappa shape index (κ1) is 16.5. The monoisotopic (exact) mass is 328 g/mol. The molecule has 0 unspecified atom stereocenters. The molecule has 0 aromatic carbocycles. The van der Waals surface area contributed by atoms with Crippen molar-refractivity contribution >= 4 is 5.91 Å². The minimum absolute atomic E-state index is 0.0117. The fourth-order valence-corrected chi connectivity index (χ4v) is 3.26. The lowest BCUT2D eigenvalue weighted by Crippen LogP contribution is -2.40. The standard InChI is InChI=1S/C18H24N4O2/c1-3-24-17-15(7-4-8-19-17)18(23)22-9-5-6-14(12-22)10-16-13(2)11-20-21-16/h4,7-8,11,14H,3,5-6,9-10,12H2,1-2H3,(H,20,21)/t14-/m1/s1. The number of carbonyl (C=O) groups is 1. The van der Waals surface area contributed by atoms with Crippen LogP contribution in [0.5, 0.6) is 5.88 Å². The maximum atomic E-state index is 12.9. The number of piperidine rings is 1. The molecule has 1 fully saturated rings. The van der Waals surface area contributed by atoms with Crippen molar-refractivity contribution in [2.45, 2.75) is 33.1 Å². The van der Waals surface area contributed by atoms with Gasteiger partial charge in [0.1, 0.15) is 5.56 Å². The third-order valence-corrected chi connectivity index (χ3v) is 4.52. The number of rotatable bonds is 5. The first-order chi connectivity index (χ1) is 11.7. The highest BCUT2D eigenvalue weighted by atomic mass is 16.5. The Bertz CT molecular complexity index is 698. The second-order valence-corrected chi connectivity index (χ2v) is 6.28. The van der Waals surface area contributed by atoms with E-state index >= 15 is 0 Å². The highest BCUT2D eigenvalue weighted by Crippen LogP contribution is 2.24. The zero-order valence-electron chi connectivity index (χ0n) is 14.3. The molecule has 0 spiro atoms. The summed E-state index contributed by atoms with van der Waals surface area (Å²) in [6.07, 6.45) is 6.59. The molecule has 24 heavy (non-hydrogen) atoms. The van der Waals surface area contributed by atoms with Gasteiger partial charge in [-0.15, -0.1) is 0 Å². The molecular formula is C18H24N4O2. The molecule has 1 amide bonds. The number of carbonyl (C=O) groups excluding carboxylic acids is 1. The van der Waals surface area contributed by atoms with E-state index in [1.54, 1.807) is 18.3 Å². The van der Waals surface area contributed by atoms with Gasteiger partial charge in [-0.05, 0) is 56.7 Å². The van der Waals surface area contributed by atoms with Gasteiger partial charge in [-0.2, -0.15) is 5.10 Å². The minimum atomic E-state index is 0.0117. The molecule has 1 N–H and O–H groups in total. The van der Waals surface area contributed by atoms with E-state index in [0.29, 0.717) is 24.0 Å². The lowest BCUT2D eigenvalue weighted by Gasteiger charge is -2.33. The Morgan fingerprint density at radius 1 is 1.50 bits per heavy atom. The summed E-state index contributed by atoms with van der Waals surface area (Å²) in [7, 11) is 0. The fourth-order valence-electron chi connectivity index (χ4n) is 3.26. The van der Waals surface area contributed by atoms with E-state index in [-0.39, 0.29) is 5.91 Å². The van der Waals surface area contributed by atoms with Gasteiger partial charge in [0.05, 0.1) is 12.8 Å². The molecule has 0 radical (unpaired) electrons. The Morgan fingerprint density at radius 2 is 2.38 bits per heavy atom. The Balaban J connectivity index is 1.70. The molecule has 0 aliphatic carbocycles. The maximum absolute atomic E-state index is 12.9.